The fourth-order valence-corrected chi connectivity index (χ4v) is 1.29. The second kappa shape index (κ2) is 4.76. The molecule has 76 valence electrons. The molecule has 0 radical (unpaired) electrons. The van der Waals surface area contributed by atoms with Crippen molar-refractivity contribution >= 4 is 11.6 Å². The summed E-state index contributed by atoms with van der Waals surface area (Å²) in [5.41, 5.74) is 0.577. The number of methoxy groups -OCH3 is 1. The summed E-state index contributed by atoms with van der Waals surface area (Å²) in [6, 6.07) is 1.58. The number of hydrogen-bond donors (Lipinski definition) is 0. The minimum atomic E-state index is -0.400. The number of nitrogens with zero attached hydrogens (tertiary/aromatic N) is 2. The molecule has 0 saturated carbocycles. The number of halogens is 1. The van der Waals surface area contributed by atoms with Crippen LogP contribution in [0.15, 0.2) is 12.3 Å². The van der Waals surface area contributed by atoms with Gasteiger partial charge in [0.2, 0.25) is 12.4 Å². The Balaban J connectivity index is 2.87. The molecule has 0 atom stereocenters. The monoisotopic (exact) mass is 216 g/mol. The summed E-state index contributed by atoms with van der Waals surface area (Å²) in [6.45, 7) is -0.179. The van der Waals surface area contributed by atoms with Crippen LogP contribution in [0.3, 0.4) is 0 Å². The lowest BCUT2D eigenvalue weighted by Crippen LogP contribution is -2.06. The Bertz CT molecular complexity index is 343. The summed E-state index contributed by atoms with van der Waals surface area (Å²) in [7, 11) is 1.45. The molecule has 6 heteroatoms. The van der Waals surface area contributed by atoms with E-state index in [1.54, 1.807) is 6.07 Å². The maximum Gasteiger partial charge on any atom is 0.217 e. The topological polar surface area (TPSA) is 65.3 Å². The van der Waals surface area contributed by atoms with E-state index < -0.39 is 4.92 Å². The van der Waals surface area contributed by atoms with Gasteiger partial charge in [-0.1, -0.05) is 11.6 Å². The van der Waals surface area contributed by atoms with Crippen LogP contribution in [-0.2, 0) is 6.42 Å². The highest BCUT2D eigenvalue weighted by atomic mass is 35.5. The summed E-state index contributed by atoms with van der Waals surface area (Å²) in [4.78, 5) is 13.7. The average molecular weight is 217 g/mol. The number of ether oxygens (including phenoxy) is 1. The third kappa shape index (κ3) is 2.56. The van der Waals surface area contributed by atoms with Crippen LogP contribution in [0.1, 0.15) is 5.56 Å². The first kappa shape index (κ1) is 10.7. The van der Waals surface area contributed by atoms with Crippen LogP contribution in [0.5, 0.6) is 5.88 Å². The second-order valence-corrected chi connectivity index (χ2v) is 2.99. The van der Waals surface area contributed by atoms with Gasteiger partial charge in [-0.25, -0.2) is 4.98 Å². The van der Waals surface area contributed by atoms with E-state index in [2.05, 4.69) is 4.98 Å². The van der Waals surface area contributed by atoms with Crippen molar-refractivity contribution in [3.8, 4) is 5.88 Å². The molecule has 1 rings (SSSR count). The Morgan fingerprint density at radius 2 is 2.43 bits per heavy atom. The molecule has 1 aromatic heterocycles. The molecule has 14 heavy (non-hydrogen) atoms. The number of pyridine rings is 1. The molecule has 1 heterocycles. The van der Waals surface area contributed by atoms with Crippen molar-refractivity contribution in [2.45, 2.75) is 6.42 Å². The van der Waals surface area contributed by atoms with Crippen LogP contribution >= 0.6 is 11.6 Å². The fraction of sp³-hybridized carbons (Fsp3) is 0.375. The minimum Gasteiger partial charge on any atom is -0.481 e. The Morgan fingerprint density at radius 3 is 3.00 bits per heavy atom. The fourth-order valence-electron chi connectivity index (χ4n) is 1.06. The van der Waals surface area contributed by atoms with Gasteiger partial charge < -0.3 is 4.74 Å². The van der Waals surface area contributed by atoms with E-state index in [0.717, 1.165) is 0 Å². The van der Waals surface area contributed by atoms with Crippen molar-refractivity contribution in [1.82, 2.24) is 4.98 Å². The zero-order valence-electron chi connectivity index (χ0n) is 7.57. The van der Waals surface area contributed by atoms with Crippen LogP contribution in [0.4, 0.5) is 0 Å². The molecule has 0 aliphatic carbocycles. The van der Waals surface area contributed by atoms with Crippen LogP contribution < -0.4 is 4.74 Å². The van der Waals surface area contributed by atoms with Gasteiger partial charge in [0.05, 0.1) is 12.1 Å². The predicted octanol–water partition coefficient (Wildman–Crippen LogP) is 1.56. The van der Waals surface area contributed by atoms with Gasteiger partial charge in [0, 0.05) is 23.1 Å². The number of rotatable bonds is 4. The number of aromatic nitrogens is 1. The van der Waals surface area contributed by atoms with Gasteiger partial charge in [0.25, 0.3) is 0 Å². The van der Waals surface area contributed by atoms with E-state index >= 15 is 0 Å². The Kier molecular flexibility index (Phi) is 3.64. The normalized spacial score (nSPS) is 9.86. The number of hydrogen-bond acceptors (Lipinski definition) is 4. The first-order chi connectivity index (χ1) is 6.65. The highest BCUT2D eigenvalue weighted by Crippen LogP contribution is 2.23. The molecule has 0 saturated heterocycles. The van der Waals surface area contributed by atoms with Crippen molar-refractivity contribution in [3.63, 3.8) is 0 Å². The first-order valence-corrected chi connectivity index (χ1v) is 4.32. The molecule has 0 aliphatic rings. The zero-order valence-corrected chi connectivity index (χ0v) is 8.32. The molecule has 0 N–H and O–H groups in total. The van der Waals surface area contributed by atoms with Crippen LogP contribution in [0.2, 0.25) is 5.02 Å². The minimum absolute atomic E-state index is 0.179. The van der Waals surface area contributed by atoms with E-state index in [4.69, 9.17) is 16.3 Å². The molecule has 0 bridgehead atoms. The first-order valence-electron chi connectivity index (χ1n) is 3.94. The summed E-state index contributed by atoms with van der Waals surface area (Å²) < 4.78 is 4.94. The standard InChI is InChI=1S/C8H9ClN2O3/c1-14-8-6(3-5-11(12)13)7(9)2-4-10-8/h2,4H,3,5H2,1H3. The van der Waals surface area contributed by atoms with Crippen molar-refractivity contribution < 1.29 is 9.66 Å². The molecule has 0 aliphatic heterocycles. The molecular formula is C8H9ClN2O3. The van der Waals surface area contributed by atoms with E-state index in [9.17, 15) is 10.1 Å². The maximum absolute atomic E-state index is 10.2. The summed E-state index contributed by atoms with van der Waals surface area (Å²) >= 11 is 5.85. The zero-order chi connectivity index (χ0) is 10.6. The lowest BCUT2D eigenvalue weighted by molar-refractivity contribution is -0.479. The Hall–Kier alpha value is -1.36. The molecular weight excluding hydrogens is 208 g/mol. The quantitative estimate of drug-likeness (QED) is 0.566. The van der Waals surface area contributed by atoms with Crippen molar-refractivity contribution in [2.75, 3.05) is 13.7 Å². The highest BCUT2D eigenvalue weighted by Gasteiger charge is 2.11. The lowest BCUT2D eigenvalue weighted by Gasteiger charge is -2.06. The molecule has 0 amide bonds. The van der Waals surface area contributed by atoms with Gasteiger partial charge in [-0.05, 0) is 6.07 Å². The smallest absolute Gasteiger partial charge is 0.217 e. The van der Waals surface area contributed by atoms with E-state index in [-0.39, 0.29) is 13.0 Å². The predicted molar refractivity (Wildman–Crippen MR) is 51.4 cm³/mol. The van der Waals surface area contributed by atoms with Gasteiger partial charge >= 0.3 is 0 Å². The second-order valence-electron chi connectivity index (χ2n) is 2.59. The SMILES string of the molecule is COc1nccc(Cl)c1CC[N+](=O)[O-]. The van der Waals surface area contributed by atoms with Crippen LogP contribution in [-0.4, -0.2) is 23.6 Å². The van der Waals surface area contributed by atoms with Crippen LogP contribution in [0.25, 0.3) is 0 Å². The van der Waals surface area contributed by atoms with Crippen molar-refractivity contribution in [3.05, 3.63) is 33.0 Å². The lowest BCUT2D eigenvalue weighted by atomic mass is 10.2. The van der Waals surface area contributed by atoms with Gasteiger partial charge in [-0.2, -0.15) is 0 Å². The van der Waals surface area contributed by atoms with E-state index in [0.29, 0.717) is 16.5 Å². The summed E-state index contributed by atoms with van der Waals surface area (Å²) in [5, 5.41) is 10.6. The largest absolute Gasteiger partial charge is 0.481 e. The third-order valence-corrected chi connectivity index (χ3v) is 2.05. The average Bonchev–Trinajstić information content (AvgIpc) is 2.15. The van der Waals surface area contributed by atoms with Crippen LogP contribution in [0, 0.1) is 10.1 Å². The van der Waals surface area contributed by atoms with E-state index in [1.165, 1.54) is 13.3 Å². The van der Waals surface area contributed by atoms with Gasteiger partial charge in [0.1, 0.15) is 0 Å². The van der Waals surface area contributed by atoms with Crippen molar-refractivity contribution in [1.29, 1.82) is 0 Å². The highest BCUT2D eigenvalue weighted by molar-refractivity contribution is 6.31. The molecule has 1 aromatic rings. The molecule has 0 fully saturated rings. The molecule has 0 spiro atoms. The van der Waals surface area contributed by atoms with Gasteiger partial charge in [-0.15, -0.1) is 0 Å². The number of nitro groups is 1. The molecule has 0 aromatic carbocycles. The molecule has 5 nitrogen and oxygen atoms in total. The Morgan fingerprint density at radius 1 is 1.71 bits per heavy atom. The van der Waals surface area contributed by atoms with Crippen molar-refractivity contribution in [2.24, 2.45) is 0 Å². The summed E-state index contributed by atoms with van der Waals surface area (Å²) in [6.07, 6.45) is 1.72. The molecule has 0 unspecified atom stereocenters. The maximum atomic E-state index is 10.2. The Labute approximate surface area is 85.8 Å². The third-order valence-electron chi connectivity index (χ3n) is 1.70. The van der Waals surface area contributed by atoms with E-state index in [1.807, 2.05) is 0 Å². The van der Waals surface area contributed by atoms with Gasteiger partial charge in [0.15, 0.2) is 0 Å². The summed E-state index contributed by atoms with van der Waals surface area (Å²) in [5.74, 6) is 0.347. The van der Waals surface area contributed by atoms with Gasteiger partial charge in [-0.3, -0.25) is 10.1 Å².